The van der Waals surface area contributed by atoms with Crippen LogP contribution in [0, 0.1) is 0 Å². The molecule has 1 aromatic carbocycles. The highest BCUT2D eigenvalue weighted by atomic mass is 32.2. The van der Waals surface area contributed by atoms with Gasteiger partial charge in [-0.25, -0.2) is 4.98 Å². The van der Waals surface area contributed by atoms with Crippen LogP contribution in [0.25, 0.3) is 0 Å². The van der Waals surface area contributed by atoms with Gasteiger partial charge in [0.2, 0.25) is 0 Å². The Morgan fingerprint density at radius 1 is 1.17 bits per heavy atom. The van der Waals surface area contributed by atoms with E-state index in [0.717, 1.165) is 81.0 Å². The molecule has 188 valence electrons. The van der Waals surface area contributed by atoms with Crippen LogP contribution in [-0.2, 0) is 27.4 Å². The lowest BCUT2D eigenvalue weighted by Gasteiger charge is -2.31. The fourth-order valence-electron chi connectivity index (χ4n) is 4.40. The molecule has 0 bridgehead atoms. The van der Waals surface area contributed by atoms with Crippen LogP contribution in [0.15, 0.2) is 40.5 Å². The predicted molar refractivity (Wildman–Crippen MR) is 141 cm³/mol. The normalized spacial score (nSPS) is 21.3. The van der Waals surface area contributed by atoms with Gasteiger partial charge in [-0.3, -0.25) is 15.0 Å². The van der Waals surface area contributed by atoms with Crippen LogP contribution in [0.4, 0.5) is 5.13 Å². The summed E-state index contributed by atoms with van der Waals surface area (Å²) in [6.45, 7) is 5.06. The first-order chi connectivity index (χ1) is 17.0. The first-order valence-electron chi connectivity index (χ1n) is 12.5. The number of benzene rings is 1. The van der Waals surface area contributed by atoms with Gasteiger partial charge < -0.3 is 9.74 Å². The minimum absolute atomic E-state index is 0.0605. The molecular formula is C25H34N5O3S2+. The average Bonchev–Trinajstić information content (AvgIpc) is 3.41. The van der Waals surface area contributed by atoms with Gasteiger partial charge in [-0.2, -0.15) is 4.55 Å². The number of oxime groups is 1. The summed E-state index contributed by atoms with van der Waals surface area (Å²) in [6, 6.07) is 7.50. The van der Waals surface area contributed by atoms with Gasteiger partial charge in [0.05, 0.1) is 0 Å². The number of piperazine rings is 1. The van der Waals surface area contributed by atoms with E-state index in [1.165, 1.54) is 11.3 Å². The molecule has 35 heavy (non-hydrogen) atoms. The van der Waals surface area contributed by atoms with E-state index >= 15 is 0 Å². The van der Waals surface area contributed by atoms with Crippen LogP contribution in [0.2, 0.25) is 0 Å². The molecule has 2 N–H and O–H groups in total. The van der Waals surface area contributed by atoms with Gasteiger partial charge in [-0.05, 0) is 57.0 Å². The lowest BCUT2D eigenvalue weighted by molar-refractivity contribution is -0.110. The molecule has 3 aliphatic rings. The maximum Gasteiger partial charge on any atom is 0.280 e. The van der Waals surface area contributed by atoms with Crippen LogP contribution >= 0.6 is 11.3 Å². The number of nitrogens with zero attached hydrogens (tertiary/aromatic N) is 4. The standard InChI is InChI=1S/C25H33N5O3S2/c1-29-12-14-30(15-13-29)17-20-16-26-25(34-20)27-24(31)23(28-33-19-4-2-3-5-19)18-6-8-21(9-7-18)35(32)22-10-11-22/h6-9,16,19,22,32H,2-5,10-15,17H2,1H3/p+1/b28-23+. The summed E-state index contributed by atoms with van der Waals surface area (Å²) in [6.07, 6.45) is 8.26. The van der Waals surface area contributed by atoms with Crippen molar-refractivity contribution in [3.63, 3.8) is 0 Å². The number of amides is 1. The Hall–Kier alpha value is -1.98. The second kappa shape index (κ2) is 11.4. The van der Waals surface area contributed by atoms with Crippen LogP contribution in [0.5, 0.6) is 0 Å². The van der Waals surface area contributed by atoms with Crippen LogP contribution in [0.3, 0.4) is 0 Å². The van der Waals surface area contributed by atoms with Crippen LogP contribution < -0.4 is 5.32 Å². The van der Waals surface area contributed by atoms with E-state index in [9.17, 15) is 9.35 Å². The Morgan fingerprint density at radius 3 is 2.57 bits per heavy atom. The highest BCUT2D eigenvalue weighted by molar-refractivity contribution is 7.92. The molecule has 1 aromatic heterocycles. The third kappa shape index (κ3) is 6.62. The molecule has 5 rings (SSSR count). The largest absolute Gasteiger partial charge is 0.392 e. The Morgan fingerprint density at radius 2 is 1.89 bits per heavy atom. The number of carbonyl (C=O) groups is 1. The van der Waals surface area contributed by atoms with Crippen molar-refractivity contribution in [3.8, 4) is 0 Å². The topological polar surface area (TPSA) is 90.3 Å². The number of carbonyl (C=O) groups excluding carboxylic acids is 1. The molecule has 8 nitrogen and oxygen atoms in total. The summed E-state index contributed by atoms with van der Waals surface area (Å²) in [5.74, 6) is -0.332. The first kappa shape index (κ1) is 24.7. The molecule has 2 aliphatic carbocycles. The molecule has 2 aromatic rings. The Kier molecular flexibility index (Phi) is 8.04. The van der Waals surface area contributed by atoms with E-state index in [-0.39, 0.29) is 17.7 Å². The third-order valence-electron chi connectivity index (χ3n) is 6.77. The second-order valence-corrected chi connectivity index (χ2v) is 12.5. The van der Waals surface area contributed by atoms with Crippen molar-refractivity contribution < 1.29 is 14.2 Å². The molecule has 0 spiro atoms. The third-order valence-corrected chi connectivity index (χ3v) is 9.52. The highest BCUT2D eigenvalue weighted by Gasteiger charge is 2.42. The zero-order valence-corrected chi connectivity index (χ0v) is 21.8. The maximum atomic E-state index is 13.3. The number of likely N-dealkylation sites (N-methyl/N-ethyl adjacent to an activating group) is 1. The quantitative estimate of drug-likeness (QED) is 0.299. The van der Waals surface area contributed by atoms with E-state index in [1.807, 2.05) is 30.5 Å². The molecule has 1 aliphatic heterocycles. The monoisotopic (exact) mass is 516 g/mol. The Balaban J connectivity index is 1.27. The number of hydrogen-bond donors (Lipinski definition) is 2. The fraction of sp³-hybridized carbons (Fsp3) is 0.560. The lowest BCUT2D eigenvalue weighted by Crippen LogP contribution is -2.43. The maximum absolute atomic E-state index is 13.3. The molecule has 10 heteroatoms. The van der Waals surface area contributed by atoms with Crippen molar-refractivity contribution in [2.24, 2.45) is 5.16 Å². The van der Waals surface area contributed by atoms with Crippen LogP contribution in [-0.4, -0.2) is 75.5 Å². The van der Waals surface area contributed by atoms with Crippen molar-refractivity contribution in [1.29, 1.82) is 0 Å². The van der Waals surface area contributed by atoms with Gasteiger partial charge in [0.25, 0.3) is 5.91 Å². The minimum Gasteiger partial charge on any atom is -0.392 e. The summed E-state index contributed by atoms with van der Waals surface area (Å²) in [5, 5.41) is 8.19. The molecule has 1 saturated heterocycles. The molecule has 1 atom stereocenters. The summed E-state index contributed by atoms with van der Waals surface area (Å²) in [5.41, 5.74) is 0.912. The molecular weight excluding hydrogens is 482 g/mol. The summed E-state index contributed by atoms with van der Waals surface area (Å²) < 4.78 is 10.5. The van der Waals surface area contributed by atoms with Crippen molar-refractivity contribution in [2.45, 2.75) is 61.3 Å². The molecule has 2 heterocycles. The van der Waals surface area contributed by atoms with Gasteiger partial charge in [0, 0.05) is 62.2 Å². The first-order valence-corrected chi connectivity index (χ1v) is 14.5. The van der Waals surface area contributed by atoms with Gasteiger partial charge in [0.15, 0.2) is 32.2 Å². The van der Waals surface area contributed by atoms with Crippen molar-refractivity contribution in [2.75, 3.05) is 38.5 Å². The Labute approximate surface area is 213 Å². The molecule has 1 amide bonds. The molecule has 3 fully saturated rings. The van der Waals surface area contributed by atoms with Crippen LogP contribution in [0.1, 0.15) is 49.0 Å². The zero-order valence-electron chi connectivity index (χ0n) is 20.2. The number of aromatic nitrogens is 1. The fourth-order valence-corrected chi connectivity index (χ4v) is 6.64. The summed E-state index contributed by atoms with van der Waals surface area (Å²) >= 11 is 0.769. The molecule has 1 unspecified atom stereocenters. The van der Waals surface area contributed by atoms with Crippen molar-refractivity contribution >= 4 is 39.3 Å². The lowest BCUT2D eigenvalue weighted by atomic mass is 10.1. The summed E-state index contributed by atoms with van der Waals surface area (Å²) in [4.78, 5) is 30.3. The van der Waals surface area contributed by atoms with Crippen molar-refractivity contribution in [1.82, 2.24) is 14.8 Å². The number of rotatable bonds is 9. The van der Waals surface area contributed by atoms with Crippen molar-refractivity contribution in [3.05, 3.63) is 40.9 Å². The predicted octanol–water partition coefficient (Wildman–Crippen LogP) is 3.81. The minimum atomic E-state index is -0.733. The Bertz CT molecular complexity index is 1030. The van der Waals surface area contributed by atoms with E-state index in [0.29, 0.717) is 15.9 Å². The van der Waals surface area contributed by atoms with Gasteiger partial charge in [-0.1, -0.05) is 5.16 Å². The molecule has 0 radical (unpaired) electrons. The van der Waals surface area contributed by atoms with E-state index in [1.54, 1.807) is 0 Å². The van der Waals surface area contributed by atoms with Gasteiger partial charge in [-0.15, -0.1) is 11.3 Å². The average molecular weight is 517 g/mol. The number of thiazole rings is 1. The number of hydrogen-bond acceptors (Lipinski definition) is 8. The van der Waals surface area contributed by atoms with E-state index in [4.69, 9.17) is 4.84 Å². The zero-order chi connectivity index (χ0) is 24.2. The molecule has 2 saturated carbocycles. The highest BCUT2D eigenvalue weighted by Crippen LogP contribution is 2.33. The second-order valence-electron chi connectivity index (χ2n) is 9.66. The van der Waals surface area contributed by atoms with E-state index < -0.39 is 11.2 Å². The smallest absolute Gasteiger partial charge is 0.280 e. The number of nitrogens with one attached hydrogen (secondary N) is 1. The van der Waals surface area contributed by atoms with Gasteiger partial charge >= 0.3 is 0 Å². The number of anilines is 1. The van der Waals surface area contributed by atoms with Gasteiger partial charge in [0.1, 0.15) is 6.10 Å². The van der Waals surface area contributed by atoms with E-state index in [2.05, 4.69) is 32.3 Å². The SMILES string of the molecule is CN1CCN(Cc2cnc(NC(=O)/C(=N/OC3CCCC3)c3ccc([S+](O)C4CC4)cc3)s2)CC1. The summed E-state index contributed by atoms with van der Waals surface area (Å²) in [7, 11) is 2.15.